The summed E-state index contributed by atoms with van der Waals surface area (Å²) >= 11 is 0. The zero-order chi connectivity index (χ0) is 10.6. The van der Waals surface area contributed by atoms with E-state index in [0.717, 1.165) is 19.3 Å². The van der Waals surface area contributed by atoms with Crippen molar-refractivity contribution in [1.29, 1.82) is 0 Å². The van der Waals surface area contributed by atoms with Gasteiger partial charge in [0.2, 0.25) is 0 Å². The zero-order valence-corrected chi connectivity index (χ0v) is 8.62. The lowest BCUT2D eigenvalue weighted by atomic mass is 9.75. The molecule has 1 unspecified atom stereocenters. The number of carboxylic acid groups (broad SMARTS) is 1. The molecule has 0 bridgehead atoms. The van der Waals surface area contributed by atoms with Gasteiger partial charge in [-0.2, -0.15) is 0 Å². The van der Waals surface area contributed by atoms with E-state index in [1.807, 2.05) is 0 Å². The van der Waals surface area contributed by atoms with Crippen LogP contribution in [0.25, 0.3) is 0 Å². The predicted octanol–water partition coefficient (Wildman–Crippen LogP) is 0.744. The lowest BCUT2D eigenvalue weighted by Crippen LogP contribution is -2.52. The summed E-state index contributed by atoms with van der Waals surface area (Å²) in [5.74, 6) is -0.946. The Hall–Kier alpha value is -0.610. The summed E-state index contributed by atoms with van der Waals surface area (Å²) in [5.41, 5.74) is 0.180. The van der Waals surface area contributed by atoms with Crippen LogP contribution < -0.4 is 5.32 Å². The molecule has 1 rings (SSSR count). The van der Waals surface area contributed by atoms with Crippen LogP contribution in [-0.2, 0) is 4.79 Å². The Bertz CT molecular complexity index is 196. The fraction of sp³-hybridized carbons (Fsp3) is 0.900. The van der Waals surface area contributed by atoms with Crippen LogP contribution in [0, 0.1) is 0 Å². The van der Waals surface area contributed by atoms with Crippen molar-refractivity contribution < 1.29 is 15.0 Å². The van der Waals surface area contributed by atoms with E-state index in [1.54, 1.807) is 0 Å². The monoisotopic (exact) mass is 201 g/mol. The van der Waals surface area contributed by atoms with Gasteiger partial charge >= 0.3 is 5.97 Å². The number of hydrogen-bond donors (Lipinski definition) is 3. The van der Waals surface area contributed by atoms with E-state index in [9.17, 15) is 9.90 Å². The minimum Gasteiger partial charge on any atom is -0.481 e. The number of aliphatic hydroxyl groups is 1. The number of carboxylic acids is 1. The van der Waals surface area contributed by atoms with Gasteiger partial charge < -0.3 is 15.5 Å². The van der Waals surface area contributed by atoms with Crippen LogP contribution in [0.5, 0.6) is 0 Å². The molecule has 0 heterocycles. The number of rotatable bonds is 6. The highest BCUT2D eigenvalue weighted by atomic mass is 16.4. The molecule has 14 heavy (non-hydrogen) atoms. The first-order valence-electron chi connectivity index (χ1n) is 5.23. The molecule has 1 fully saturated rings. The first kappa shape index (κ1) is 11.5. The zero-order valence-electron chi connectivity index (χ0n) is 8.62. The number of aliphatic carboxylic acids is 1. The first-order chi connectivity index (χ1) is 6.58. The molecule has 0 spiro atoms. The fourth-order valence-electron chi connectivity index (χ4n) is 1.87. The molecule has 0 aromatic rings. The van der Waals surface area contributed by atoms with Gasteiger partial charge in [-0.3, -0.25) is 4.79 Å². The second kappa shape index (κ2) is 4.75. The molecule has 1 aliphatic carbocycles. The van der Waals surface area contributed by atoms with Crippen molar-refractivity contribution in [2.24, 2.45) is 0 Å². The highest BCUT2D eigenvalue weighted by molar-refractivity contribution is 5.67. The Balaban J connectivity index is 2.21. The summed E-state index contributed by atoms with van der Waals surface area (Å²) < 4.78 is 0. The van der Waals surface area contributed by atoms with E-state index in [-0.39, 0.29) is 12.0 Å². The van der Waals surface area contributed by atoms with Crippen molar-refractivity contribution >= 4 is 5.97 Å². The molecule has 0 saturated heterocycles. The van der Waals surface area contributed by atoms with Crippen LogP contribution in [0.2, 0.25) is 0 Å². The Labute approximate surface area is 84.3 Å². The van der Waals surface area contributed by atoms with Crippen molar-refractivity contribution in [1.82, 2.24) is 5.32 Å². The molecule has 4 nitrogen and oxygen atoms in total. The Morgan fingerprint density at radius 1 is 1.57 bits per heavy atom. The topological polar surface area (TPSA) is 69.6 Å². The van der Waals surface area contributed by atoms with Gasteiger partial charge in [0.25, 0.3) is 0 Å². The third kappa shape index (κ3) is 2.96. The van der Waals surface area contributed by atoms with Gasteiger partial charge in [0.1, 0.15) is 0 Å². The Kier molecular flexibility index (Phi) is 3.89. The maximum absolute atomic E-state index is 10.3. The van der Waals surface area contributed by atoms with E-state index in [1.165, 1.54) is 6.42 Å². The molecule has 0 amide bonds. The summed E-state index contributed by atoms with van der Waals surface area (Å²) in [6, 6.07) is 0. The van der Waals surface area contributed by atoms with Gasteiger partial charge in [0, 0.05) is 12.1 Å². The minimum atomic E-state index is -0.946. The highest BCUT2D eigenvalue weighted by Crippen LogP contribution is 2.34. The molecule has 1 saturated carbocycles. The van der Waals surface area contributed by atoms with E-state index in [0.29, 0.717) is 6.54 Å². The third-order valence-corrected chi connectivity index (χ3v) is 3.11. The van der Waals surface area contributed by atoms with Crippen molar-refractivity contribution in [2.75, 3.05) is 6.54 Å². The second-order valence-electron chi connectivity index (χ2n) is 4.12. The van der Waals surface area contributed by atoms with Crippen LogP contribution in [0.4, 0.5) is 0 Å². The minimum absolute atomic E-state index is 0.174. The van der Waals surface area contributed by atoms with Crippen LogP contribution in [0.15, 0.2) is 0 Å². The summed E-state index contributed by atoms with van der Waals surface area (Å²) in [4.78, 5) is 10.3. The summed E-state index contributed by atoms with van der Waals surface area (Å²) in [6.45, 7) is 2.51. The van der Waals surface area contributed by atoms with Gasteiger partial charge in [0.15, 0.2) is 0 Å². The SMILES string of the molecule is CCC1(NCC(O)CC(=O)O)CCC1. The molecule has 0 aliphatic heterocycles. The Morgan fingerprint density at radius 3 is 2.57 bits per heavy atom. The van der Waals surface area contributed by atoms with E-state index in [2.05, 4.69) is 12.2 Å². The van der Waals surface area contributed by atoms with Crippen molar-refractivity contribution in [3.05, 3.63) is 0 Å². The molecular formula is C10H19NO3. The Morgan fingerprint density at radius 2 is 2.21 bits per heavy atom. The van der Waals surface area contributed by atoms with Crippen molar-refractivity contribution in [3.63, 3.8) is 0 Å². The molecule has 1 aliphatic rings. The third-order valence-electron chi connectivity index (χ3n) is 3.11. The number of carbonyl (C=O) groups is 1. The number of aliphatic hydroxyl groups excluding tert-OH is 1. The first-order valence-corrected chi connectivity index (χ1v) is 5.23. The highest BCUT2D eigenvalue weighted by Gasteiger charge is 2.34. The second-order valence-corrected chi connectivity index (χ2v) is 4.12. The van der Waals surface area contributed by atoms with Gasteiger partial charge in [-0.05, 0) is 25.7 Å². The van der Waals surface area contributed by atoms with E-state index >= 15 is 0 Å². The number of hydrogen-bond acceptors (Lipinski definition) is 3. The molecule has 0 radical (unpaired) electrons. The number of nitrogens with one attached hydrogen (secondary N) is 1. The van der Waals surface area contributed by atoms with Crippen LogP contribution in [0.1, 0.15) is 39.0 Å². The van der Waals surface area contributed by atoms with Gasteiger partial charge in [-0.15, -0.1) is 0 Å². The summed E-state index contributed by atoms with van der Waals surface area (Å²) in [7, 11) is 0. The smallest absolute Gasteiger partial charge is 0.306 e. The molecule has 82 valence electrons. The molecule has 0 aromatic carbocycles. The van der Waals surface area contributed by atoms with Crippen LogP contribution >= 0.6 is 0 Å². The van der Waals surface area contributed by atoms with Gasteiger partial charge in [-0.1, -0.05) is 6.92 Å². The lowest BCUT2D eigenvalue weighted by Gasteiger charge is -2.42. The number of β-amino-alcohol motifs (C(OH)–C–C–N with tert-alkyl or cyclic N) is 1. The quantitative estimate of drug-likeness (QED) is 0.593. The average Bonchev–Trinajstić information content (AvgIpc) is 2.01. The van der Waals surface area contributed by atoms with Crippen LogP contribution in [-0.4, -0.2) is 34.4 Å². The van der Waals surface area contributed by atoms with E-state index in [4.69, 9.17) is 5.11 Å². The molecule has 0 aromatic heterocycles. The standard InChI is InChI=1S/C10H19NO3/c1-2-10(4-3-5-10)11-7-8(12)6-9(13)14/h8,11-12H,2-7H2,1H3,(H,13,14). The van der Waals surface area contributed by atoms with Gasteiger partial charge in [-0.25, -0.2) is 0 Å². The van der Waals surface area contributed by atoms with Crippen molar-refractivity contribution in [3.8, 4) is 0 Å². The van der Waals surface area contributed by atoms with Crippen molar-refractivity contribution in [2.45, 2.75) is 50.7 Å². The lowest BCUT2D eigenvalue weighted by molar-refractivity contribution is -0.139. The fourth-order valence-corrected chi connectivity index (χ4v) is 1.87. The average molecular weight is 201 g/mol. The van der Waals surface area contributed by atoms with Gasteiger partial charge in [0.05, 0.1) is 12.5 Å². The maximum Gasteiger partial charge on any atom is 0.306 e. The van der Waals surface area contributed by atoms with E-state index < -0.39 is 12.1 Å². The molecule has 4 heteroatoms. The summed E-state index contributed by atoms with van der Waals surface area (Å²) in [5, 5.41) is 21.1. The van der Waals surface area contributed by atoms with Crippen LogP contribution in [0.3, 0.4) is 0 Å². The predicted molar refractivity (Wildman–Crippen MR) is 53.1 cm³/mol. The maximum atomic E-state index is 10.3. The molecule has 3 N–H and O–H groups in total. The largest absolute Gasteiger partial charge is 0.481 e. The normalized spacial score (nSPS) is 21.3. The summed E-state index contributed by atoms with van der Waals surface area (Å²) in [6.07, 6.45) is 3.62. The molecular weight excluding hydrogens is 182 g/mol. The molecule has 1 atom stereocenters.